The molecule has 5 heteroatoms. The number of ketones is 1. The molecule has 0 amide bonds. The Morgan fingerprint density at radius 1 is 1.00 bits per heavy atom. The van der Waals surface area contributed by atoms with E-state index in [1.165, 1.54) is 28.6 Å². The summed E-state index contributed by atoms with van der Waals surface area (Å²) in [6.07, 6.45) is 5.91. The van der Waals surface area contributed by atoms with E-state index in [1.807, 2.05) is 44.0 Å². The molecule has 4 nitrogen and oxygen atoms in total. The van der Waals surface area contributed by atoms with Crippen LogP contribution < -0.4 is 0 Å². The zero-order chi connectivity index (χ0) is 19.6. The third kappa shape index (κ3) is 4.74. The van der Waals surface area contributed by atoms with E-state index in [1.54, 1.807) is 0 Å². The van der Waals surface area contributed by atoms with Crippen molar-refractivity contribution >= 4 is 5.78 Å². The number of nitrogens with one attached hydrogen (secondary N) is 1. The smallest absolute Gasteiger partial charge is 0.154 e. The summed E-state index contributed by atoms with van der Waals surface area (Å²) in [5.74, 6) is 0.833. The van der Waals surface area contributed by atoms with E-state index in [0.29, 0.717) is 12.2 Å². The van der Waals surface area contributed by atoms with Crippen LogP contribution in [0.25, 0.3) is 0 Å². The fourth-order valence-corrected chi connectivity index (χ4v) is 3.37. The Morgan fingerprint density at radius 3 is 2.29 bits per heavy atom. The number of aryl methyl sites for hydroxylation is 1. The number of aromatic nitrogens is 3. The summed E-state index contributed by atoms with van der Waals surface area (Å²) in [5, 5.41) is 6.82. The van der Waals surface area contributed by atoms with Crippen LogP contribution in [0.3, 0.4) is 0 Å². The Labute approximate surface area is 192 Å². The first-order valence-corrected chi connectivity index (χ1v) is 9.12. The molecule has 28 heavy (non-hydrogen) atoms. The number of nitrogens with zero attached hydrogens (tertiary/aromatic N) is 2. The molecule has 3 aromatic rings. The number of benzene rings is 2. The summed E-state index contributed by atoms with van der Waals surface area (Å²) in [4.78, 5) is 16.9. The Kier molecular flexibility index (Phi) is 7.62. The number of H-pyrrole nitrogens is 1. The number of hydrogen-bond donors (Lipinski definition) is 1. The number of carbonyl (C=O) groups is 1. The summed E-state index contributed by atoms with van der Waals surface area (Å²) in [5.41, 5.74) is 8.95. The fraction of sp³-hybridized carbons (Fsp3) is 0.261. The van der Waals surface area contributed by atoms with Gasteiger partial charge in [0, 0.05) is 38.3 Å². The van der Waals surface area contributed by atoms with E-state index in [0.717, 1.165) is 22.3 Å². The van der Waals surface area contributed by atoms with Gasteiger partial charge >= 0.3 is 0 Å². The molecular formula is C23H25N3OY-2. The predicted molar refractivity (Wildman–Crippen MR) is 108 cm³/mol. The second kappa shape index (κ2) is 9.53. The number of carbonyl (C=O) groups excluding carboxylic acids is 1. The maximum absolute atomic E-state index is 12.7. The van der Waals surface area contributed by atoms with Crippen molar-refractivity contribution in [3.8, 4) is 0 Å². The van der Waals surface area contributed by atoms with E-state index >= 15 is 0 Å². The molecule has 0 spiro atoms. The Balaban J connectivity index is 0.00000280. The number of hydrogen-bond acceptors (Lipinski definition) is 3. The van der Waals surface area contributed by atoms with Crippen LogP contribution in [0.2, 0.25) is 0 Å². The van der Waals surface area contributed by atoms with E-state index in [-0.39, 0.29) is 38.5 Å². The first-order chi connectivity index (χ1) is 12.9. The normalized spacial score (nSPS) is 10.3. The van der Waals surface area contributed by atoms with Crippen LogP contribution in [0, 0.1) is 47.5 Å². The molecule has 0 unspecified atom stereocenters. The van der Waals surface area contributed by atoms with Crippen LogP contribution in [0.1, 0.15) is 61.5 Å². The second-order valence-corrected chi connectivity index (χ2v) is 7.04. The number of rotatable bonds is 6. The largest absolute Gasteiger partial charge is 0.295 e. The van der Waals surface area contributed by atoms with Crippen LogP contribution in [0.4, 0.5) is 0 Å². The average molecular weight is 448 g/mol. The molecule has 0 aliphatic carbocycles. The SMILES string of the molecule is Cc1cccc(C(=O)C[CH-]c2c(C)c(C)c(C)c(C)c2[CH-]c2ncn[nH]2)c1.[Y]. The Hall–Kier alpha value is -1.91. The van der Waals surface area contributed by atoms with Gasteiger partial charge in [0.15, 0.2) is 5.78 Å². The first kappa shape index (κ1) is 22.4. The van der Waals surface area contributed by atoms with Crippen LogP contribution in [0.5, 0.6) is 0 Å². The van der Waals surface area contributed by atoms with Gasteiger partial charge in [-0.1, -0.05) is 51.5 Å². The minimum absolute atomic E-state index is 0. The summed E-state index contributed by atoms with van der Waals surface area (Å²) in [7, 11) is 0. The molecule has 0 aliphatic rings. The Bertz CT molecular complexity index is 978. The standard InChI is InChI=1S/C23H25N3O.Y/c1-14-7-6-8-19(11-14)22(27)10-9-20-17(4)15(2)16(3)18(5)21(20)12-23-24-13-25-26-23;/h6-9,11-13H,10H2,1-5H3,(H,24,25,26);/q-2;. The molecule has 0 atom stereocenters. The maximum atomic E-state index is 12.7. The van der Waals surface area contributed by atoms with E-state index in [4.69, 9.17) is 0 Å². The van der Waals surface area contributed by atoms with Gasteiger partial charge in [-0.3, -0.25) is 21.0 Å². The van der Waals surface area contributed by atoms with Crippen molar-refractivity contribution in [1.29, 1.82) is 0 Å². The van der Waals surface area contributed by atoms with Gasteiger partial charge < -0.3 is 0 Å². The van der Waals surface area contributed by atoms with Gasteiger partial charge in [0.05, 0.1) is 5.82 Å². The van der Waals surface area contributed by atoms with Crippen molar-refractivity contribution in [2.24, 2.45) is 0 Å². The average Bonchev–Trinajstić information content (AvgIpc) is 3.17. The second-order valence-electron chi connectivity index (χ2n) is 7.04. The molecule has 1 aromatic heterocycles. The molecule has 0 saturated carbocycles. The fourth-order valence-electron chi connectivity index (χ4n) is 3.37. The summed E-state index contributed by atoms with van der Waals surface area (Å²) >= 11 is 0. The summed E-state index contributed by atoms with van der Waals surface area (Å²) in [6.45, 7) is 10.5. The molecule has 1 N–H and O–H groups in total. The Morgan fingerprint density at radius 2 is 1.68 bits per heavy atom. The van der Waals surface area contributed by atoms with Crippen molar-refractivity contribution in [3.63, 3.8) is 0 Å². The topological polar surface area (TPSA) is 58.6 Å². The minimum Gasteiger partial charge on any atom is -0.295 e. The maximum Gasteiger partial charge on any atom is 0.154 e. The van der Waals surface area contributed by atoms with Crippen molar-refractivity contribution < 1.29 is 37.5 Å². The van der Waals surface area contributed by atoms with Gasteiger partial charge in [0.25, 0.3) is 0 Å². The molecule has 0 saturated heterocycles. The molecule has 0 fully saturated rings. The first-order valence-electron chi connectivity index (χ1n) is 9.12. The van der Waals surface area contributed by atoms with Crippen molar-refractivity contribution in [3.05, 3.63) is 93.8 Å². The zero-order valence-electron chi connectivity index (χ0n) is 17.1. The van der Waals surface area contributed by atoms with Crippen LogP contribution >= 0.6 is 0 Å². The molecule has 1 heterocycles. The van der Waals surface area contributed by atoms with Crippen LogP contribution in [0.15, 0.2) is 30.6 Å². The van der Waals surface area contributed by atoms with Gasteiger partial charge in [-0.25, -0.2) is 22.5 Å². The molecule has 0 bridgehead atoms. The molecule has 3 rings (SSSR count). The van der Waals surface area contributed by atoms with Crippen molar-refractivity contribution in [2.45, 2.75) is 41.0 Å². The van der Waals surface area contributed by atoms with Gasteiger partial charge in [-0.05, 0) is 19.4 Å². The van der Waals surface area contributed by atoms with Gasteiger partial charge in [-0.15, -0.1) is 11.1 Å². The van der Waals surface area contributed by atoms with E-state index < -0.39 is 0 Å². The number of Topliss-reactive ketones (excluding diaryl/α,β-unsaturated/α-hetero) is 1. The monoisotopic (exact) mass is 448 g/mol. The summed E-state index contributed by atoms with van der Waals surface area (Å²) < 4.78 is 0. The molecule has 2 aromatic carbocycles. The third-order valence-corrected chi connectivity index (χ3v) is 5.33. The van der Waals surface area contributed by atoms with Gasteiger partial charge in [-0.2, -0.15) is 11.5 Å². The van der Waals surface area contributed by atoms with E-state index in [9.17, 15) is 4.79 Å². The predicted octanol–water partition coefficient (Wildman–Crippen LogP) is 4.77. The van der Waals surface area contributed by atoms with Crippen molar-refractivity contribution in [2.75, 3.05) is 0 Å². The van der Waals surface area contributed by atoms with E-state index in [2.05, 4.69) is 42.9 Å². The van der Waals surface area contributed by atoms with Crippen LogP contribution in [-0.2, 0) is 32.7 Å². The number of aromatic amines is 1. The molecular weight excluding hydrogens is 423 g/mol. The van der Waals surface area contributed by atoms with Gasteiger partial charge in [0.1, 0.15) is 6.33 Å². The molecule has 1 radical (unpaired) electrons. The minimum atomic E-state index is 0. The molecule has 0 aliphatic heterocycles. The molecule has 143 valence electrons. The van der Waals surface area contributed by atoms with Crippen LogP contribution in [-0.4, -0.2) is 21.0 Å². The zero-order valence-corrected chi connectivity index (χ0v) is 20.0. The van der Waals surface area contributed by atoms with Gasteiger partial charge in [0.2, 0.25) is 0 Å². The quantitative estimate of drug-likeness (QED) is 0.437. The summed E-state index contributed by atoms with van der Waals surface area (Å²) in [6, 6.07) is 7.75. The van der Waals surface area contributed by atoms with Crippen molar-refractivity contribution in [1.82, 2.24) is 15.2 Å². The third-order valence-electron chi connectivity index (χ3n) is 5.33.